The van der Waals surface area contributed by atoms with Crippen LogP contribution in [0.25, 0.3) is 0 Å². The van der Waals surface area contributed by atoms with Crippen molar-refractivity contribution in [1.29, 1.82) is 0 Å². The molecule has 25 heavy (non-hydrogen) atoms. The van der Waals surface area contributed by atoms with Gasteiger partial charge in [-0.3, -0.25) is 4.79 Å². The lowest BCUT2D eigenvalue weighted by Gasteiger charge is -2.31. The van der Waals surface area contributed by atoms with E-state index in [9.17, 15) is 18.0 Å². The molecule has 1 aromatic rings. The van der Waals surface area contributed by atoms with E-state index < -0.39 is 28.0 Å². The zero-order valence-corrected chi connectivity index (χ0v) is 16.5. The molecule has 0 radical (unpaired) electrons. The third-order valence-corrected chi connectivity index (χ3v) is 5.95. The summed E-state index contributed by atoms with van der Waals surface area (Å²) in [6.07, 6.45) is 2.31. The van der Waals surface area contributed by atoms with E-state index in [1.165, 1.54) is 11.4 Å². The number of sulfonamides is 1. The lowest BCUT2D eigenvalue weighted by atomic mass is 9.97. The summed E-state index contributed by atoms with van der Waals surface area (Å²) in [5.74, 6) is -1.43. The number of ether oxygens (including phenoxy) is 1. The van der Waals surface area contributed by atoms with Crippen LogP contribution in [0.4, 0.5) is 0 Å². The highest BCUT2D eigenvalue weighted by Gasteiger charge is 2.33. The Bertz CT molecular complexity index is 735. The molecule has 0 spiro atoms. The second-order valence-corrected chi connectivity index (χ2v) is 8.87. The Morgan fingerprint density at radius 1 is 1.32 bits per heavy atom. The lowest BCUT2D eigenvalue weighted by molar-refractivity contribution is -0.146. The topological polar surface area (TPSA) is 92.8 Å². The number of carbonyl (C=O) groups excluding carboxylic acids is 2. The molecule has 1 aliphatic rings. The Morgan fingerprint density at radius 2 is 1.96 bits per heavy atom. The number of benzene rings is 1. The summed E-state index contributed by atoms with van der Waals surface area (Å²) < 4.78 is 30.3. The maximum Gasteiger partial charge on any atom is 0.333 e. The molecule has 7 nitrogen and oxygen atoms in total. The van der Waals surface area contributed by atoms with Crippen molar-refractivity contribution in [3.05, 3.63) is 34.3 Å². The van der Waals surface area contributed by atoms with Gasteiger partial charge in [-0.2, -0.15) is 0 Å². The van der Waals surface area contributed by atoms with Crippen LogP contribution in [-0.2, 0) is 24.3 Å². The number of piperidine rings is 1. The van der Waals surface area contributed by atoms with E-state index in [1.54, 1.807) is 24.3 Å². The Morgan fingerprint density at radius 3 is 2.52 bits per heavy atom. The number of methoxy groups -OCH3 is 1. The van der Waals surface area contributed by atoms with Crippen LogP contribution in [0.1, 0.15) is 24.4 Å². The van der Waals surface area contributed by atoms with Crippen molar-refractivity contribution in [1.82, 2.24) is 9.62 Å². The average Bonchev–Trinajstić information content (AvgIpc) is 2.59. The minimum absolute atomic E-state index is 0.124. The first-order valence-corrected chi connectivity index (χ1v) is 10.5. The van der Waals surface area contributed by atoms with Crippen LogP contribution in [-0.4, -0.2) is 51.1 Å². The van der Waals surface area contributed by atoms with E-state index in [-0.39, 0.29) is 12.5 Å². The summed E-state index contributed by atoms with van der Waals surface area (Å²) in [7, 11) is -2.09. The van der Waals surface area contributed by atoms with Crippen molar-refractivity contribution in [2.75, 3.05) is 26.5 Å². The van der Waals surface area contributed by atoms with Crippen molar-refractivity contribution in [2.24, 2.45) is 5.92 Å². The molecule has 138 valence electrons. The molecule has 2 atom stereocenters. The number of rotatable bonds is 5. The molecule has 9 heteroatoms. The molecule has 0 aromatic heterocycles. The second-order valence-electron chi connectivity index (χ2n) is 5.98. The number of esters is 1. The van der Waals surface area contributed by atoms with Gasteiger partial charge in [0.15, 0.2) is 6.04 Å². The van der Waals surface area contributed by atoms with Gasteiger partial charge in [0.05, 0.1) is 19.3 Å². The first-order chi connectivity index (χ1) is 11.7. The summed E-state index contributed by atoms with van der Waals surface area (Å²) in [6, 6.07) is 6.04. The summed E-state index contributed by atoms with van der Waals surface area (Å²) in [5.41, 5.74) is 0.596. The van der Waals surface area contributed by atoms with E-state index in [2.05, 4.69) is 21.2 Å². The smallest absolute Gasteiger partial charge is 0.333 e. The van der Waals surface area contributed by atoms with Gasteiger partial charge >= 0.3 is 5.97 Å². The Hall–Kier alpha value is -1.45. The van der Waals surface area contributed by atoms with Gasteiger partial charge in [0.2, 0.25) is 15.9 Å². The molecule has 0 aliphatic carbocycles. The van der Waals surface area contributed by atoms with Crippen molar-refractivity contribution in [3.63, 3.8) is 0 Å². The fraction of sp³-hybridized carbons (Fsp3) is 0.500. The summed E-state index contributed by atoms with van der Waals surface area (Å²) in [5, 5.41) is 2.69. The fourth-order valence-electron chi connectivity index (χ4n) is 2.77. The SMILES string of the molecule is COC(=O)[C@H](NC(=O)[C@@H]1CCCN(S(C)(=O)=O)C1)c1ccc(Br)cc1. The number of amides is 1. The van der Waals surface area contributed by atoms with Gasteiger partial charge in [0.25, 0.3) is 0 Å². The maximum atomic E-state index is 12.6. The predicted molar refractivity (Wildman–Crippen MR) is 96.2 cm³/mol. The van der Waals surface area contributed by atoms with Crippen molar-refractivity contribution in [2.45, 2.75) is 18.9 Å². The van der Waals surface area contributed by atoms with Gasteiger partial charge in [-0.15, -0.1) is 0 Å². The largest absolute Gasteiger partial charge is 0.467 e. The monoisotopic (exact) mass is 432 g/mol. The molecule has 0 saturated carbocycles. The Kier molecular flexibility index (Phi) is 6.59. The van der Waals surface area contributed by atoms with E-state index in [4.69, 9.17) is 4.74 Å². The highest BCUT2D eigenvalue weighted by atomic mass is 79.9. The second kappa shape index (κ2) is 8.29. The molecule has 1 aliphatic heterocycles. The van der Waals surface area contributed by atoms with Crippen molar-refractivity contribution in [3.8, 4) is 0 Å². The number of hydrogen-bond donors (Lipinski definition) is 1. The van der Waals surface area contributed by atoms with Gasteiger partial charge in [-0.05, 0) is 30.5 Å². The van der Waals surface area contributed by atoms with E-state index in [0.29, 0.717) is 24.9 Å². The number of hydrogen-bond acceptors (Lipinski definition) is 5. The molecule has 1 heterocycles. The molecular formula is C16H21BrN2O5S. The zero-order chi connectivity index (χ0) is 18.6. The summed E-state index contributed by atoms with van der Waals surface area (Å²) in [6.45, 7) is 0.536. The molecule has 2 rings (SSSR count). The van der Waals surface area contributed by atoms with Gasteiger partial charge in [-0.25, -0.2) is 17.5 Å². The molecule has 1 amide bonds. The minimum atomic E-state index is -3.34. The molecule has 1 fully saturated rings. The number of nitrogens with one attached hydrogen (secondary N) is 1. The summed E-state index contributed by atoms with van der Waals surface area (Å²) >= 11 is 3.32. The third-order valence-electron chi connectivity index (χ3n) is 4.15. The molecule has 0 unspecified atom stereocenters. The zero-order valence-electron chi connectivity index (χ0n) is 14.1. The van der Waals surface area contributed by atoms with Gasteiger partial charge < -0.3 is 10.1 Å². The van der Waals surface area contributed by atoms with Gasteiger partial charge in [0, 0.05) is 17.6 Å². The van der Waals surface area contributed by atoms with Crippen molar-refractivity contribution >= 4 is 37.8 Å². The van der Waals surface area contributed by atoms with Crippen LogP contribution < -0.4 is 5.32 Å². The van der Waals surface area contributed by atoms with Crippen LogP contribution in [0, 0.1) is 5.92 Å². The highest BCUT2D eigenvalue weighted by Crippen LogP contribution is 2.22. The quantitative estimate of drug-likeness (QED) is 0.710. The predicted octanol–water partition coefficient (Wildman–Crippen LogP) is 1.45. The molecule has 1 saturated heterocycles. The Balaban J connectivity index is 2.14. The van der Waals surface area contributed by atoms with Crippen LogP contribution >= 0.6 is 15.9 Å². The van der Waals surface area contributed by atoms with Crippen LogP contribution in [0.15, 0.2) is 28.7 Å². The number of nitrogens with zero attached hydrogens (tertiary/aromatic N) is 1. The van der Waals surface area contributed by atoms with Crippen LogP contribution in [0.5, 0.6) is 0 Å². The van der Waals surface area contributed by atoms with Crippen LogP contribution in [0.2, 0.25) is 0 Å². The van der Waals surface area contributed by atoms with Gasteiger partial charge in [0.1, 0.15) is 0 Å². The van der Waals surface area contributed by atoms with E-state index >= 15 is 0 Å². The number of carbonyl (C=O) groups is 2. The standard InChI is InChI=1S/C16H21BrN2O5S/c1-24-16(21)14(11-5-7-13(17)8-6-11)18-15(20)12-4-3-9-19(10-12)25(2,22)23/h5-8,12,14H,3-4,9-10H2,1-2H3,(H,18,20)/t12-,14-/m1/s1. The molecular weight excluding hydrogens is 412 g/mol. The highest BCUT2D eigenvalue weighted by molar-refractivity contribution is 9.10. The van der Waals surface area contributed by atoms with Crippen LogP contribution in [0.3, 0.4) is 0 Å². The first-order valence-electron chi connectivity index (χ1n) is 7.81. The normalized spacial score (nSPS) is 19.9. The van der Waals surface area contributed by atoms with E-state index in [0.717, 1.165) is 10.7 Å². The molecule has 1 aromatic carbocycles. The van der Waals surface area contributed by atoms with Gasteiger partial charge in [-0.1, -0.05) is 28.1 Å². The first kappa shape index (κ1) is 19.9. The minimum Gasteiger partial charge on any atom is -0.467 e. The lowest BCUT2D eigenvalue weighted by Crippen LogP contribution is -2.46. The average molecular weight is 433 g/mol. The molecule has 1 N–H and O–H groups in total. The third kappa shape index (κ3) is 5.26. The fourth-order valence-corrected chi connectivity index (χ4v) is 3.94. The Labute approximate surface area is 155 Å². The number of halogens is 1. The van der Waals surface area contributed by atoms with E-state index in [1.807, 2.05) is 0 Å². The molecule has 0 bridgehead atoms. The van der Waals surface area contributed by atoms with Crippen molar-refractivity contribution < 1.29 is 22.7 Å². The maximum absolute atomic E-state index is 12.6. The summed E-state index contributed by atoms with van der Waals surface area (Å²) in [4.78, 5) is 24.7.